The number of H-pyrrole nitrogens is 1. The second-order valence-corrected chi connectivity index (χ2v) is 4.09. The fourth-order valence-electron chi connectivity index (χ4n) is 1.80. The first kappa shape index (κ1) is 10.9. The zero-order chi connectivity index (χ0) is 11.9. The minimum atomic E-state index is -0.338. The van der Waals surface area contributed by atoms with Gasteiger partial charge < -0.3 is 15.3 Å². The topological polar surface area (TPSA) is 81.6 Å². The monoisotopic (exact) mass is 239 g/mol. The summed E-state index contributed by atoms with van der Waals surface area (Å²) in [5.74, 6) is -0.338. The summed E-state index contributed by atoms with van der Waals surface area (Å²) in [7, 11) is 1.85. The molecule has 0 saturated heterocycles. The van der Waals surface area contributed by atoms with Crippen LogP contribution in [0.5, 0.6) is 0 Å². The van der Waals surface area contributed by atoms with Crippen LogP contribution < -0.4 is 5.73 Å². The van der Waals surface area contributed by atoms with E-state index in [4.69, 9.17) is 18.0 Å². The van der Waals surface area contributed by atoms with Crippen molar-refractivity contribution in [2.75, 3.05) is 0 Å². The number of imidazole rings is 1. The van der Waals surface area contributed by atoms with Crippen LogP contribution in [0.2, 0.25) is 0 Å². The number of aromatic amines is 1. The highest BCUT2D eigenvalue weighted by molar-refractivity contribution is 7.71. The number of aromatic nitrogens is 4. The summed E-state index contributed by atoms with van der Waals surface area (Å²) in [6.07, 6.45) is 0.269. The lowest BCUT2D eigenvalue weighted by Crippen LogP contribution is -2.14. The Kier molecular flexibility index (Phi) is 2.55. The number of aryl methyl sites for hydroxylation is 3. The second-order valence-electron chi connectivity index (χ2n) is 3.71. The lowest BCUT2D eigenvalue weighted by atomic mass is 10.4. The van der Waals surface area contributed by atoms with Gasteiger partial charge in [0.2, 0.25) is 5.91 Å². The fraction of sp³-hybridized carbons (Fsp3) is 0.444. The highest BCUT2D eigenvalue weighted by Crippen LogP contribution is 2.16. The van der Waals surface area contributed by atoms with Crippen LogP contribution in [0.25, 0.3) is 11.2 Å². The predicted molar refractivity (Wildman–Crippen MR) is 62.4 cm³/mol. The molecule has 0 bridgehead atoms. The largest absolute Gasteiger partial charge is 0.370 e. The number of nitrogens with one attached hydrogen (secondary N) is 1. The van der Waals surface area contributed by atoms with E-state index in [2.05, 4.69) is 10.1 Å². The van der Waals surface area contributed by atoms with Crippen LogP contribution in [0, 0.1) is 11.7 Å². The van der Waals surface area contributed by atoms with Gasteiger partial charge in [-0.05, 0) is 19.1 Å². The van der Waals surface area contributed by atoms with E-state index in [1.165, 1.54) is 0 Å². The van der Waals surface area contributed by atoms with E-state index >= 15 is 0 Å². The van der Waals surface area contributed by atoms with Gasteiger partial charge in [0.05, 0.1) is 5.69 Å². The number of nitrogens with zero attached hydrogens (tertiary/aromatic N) is 3. The zero-order valence-electron chi connectivity index (χ0n) is 9.15. The van der Waals surface area contributed by atoms with Crippen molar-refractivity contribution in [3.8, 4) is 0 Å². The van der Waals surface area contributed by atoms with Gasteiger partial charge in [-0.1, -0.05) is 0 Å². The molecule has 86 valence electrons. The van der Waals surface area contributed by atoms with Crippen LogP contribution >= 0.6 is 12.2 Å². The van der Waals surface area contributed by atoms with E-state index in [0.29, 0.717) is 11.3 Å². The standard InChI is InChI=1S/C9H13N5OS/c1-5-7-8(13(2)12-5)14(9(16)11-7)4-3-6(10)15/h3-4H2,1-2H3,(H2,10,15)(H,11,16). The third-order valence-corrected chi connectivity index (χ3v) is 2.83. The molecule has 0 aliphatic rings. The molecule has 0 spiro atoms. The van der Waals surface area contributed by atoms with Crippen LogP contribution in [0.1, 0.15) is 12.1 Å². The van der Waals surface area contributed by atoms with Crippen molar-refractivity contribution in [2.24, 2.45) is 12.8 Å². The second kappa shape index (κ2) is 3.75. The molecule has 7 heteroatoms. The van der Waals surface area contributed by atoms with Crippen molar-refractivity contribution in [3.63, 3.8) is 0 Å². The Labute approximate surface area is 97.0 Å². The fourth-order valence-corrected chi connectivity index (χ4v) is 2.08. The van der Waals surface area contributed by atoms with Gasteiger partial charge in [-0.2, -0.15) is 5.10 Å². The third kappa shape index (κ3) is 1.63. The first-order valence-corrected chi connectivity index (χ1v) is 5.32. The SMILES string of the molecule is Cc1nn(C)c2c1[nH]c(=S)n2CCC(N)=O. The van der Waals surface area contributed by atoms with Crippen LogP contribution in [0.15, 0.2) is 0 Å². The molecular weight excluding hydrogens is 226 g/mol. The van der Waals surface area contributed by atoms with E-state index < -0.39 is 0 Å². The first-order chi connectivity index (χ1) is 7.50. The number of carbonyl (C=O) groups is 1. The molecule has 0 aromatic carbocycles. The predicted octanol–water partition coefficient (Wildman–Crippen LogP) is 0.616. The number of fused-ring (bicyclic) bond motifs is 1. The van der Waals surface area contributed by atoms with Crippen molar-refractivity contribution in [2.45, 2.75) is 19.9 Å². The van der Waals surface area contributed by atoms with Crippen LogP contribution in [-0.2, 0) is 18.4 Å². The summed E-state index contributed by atoms with van der Waals surface area (Å²) in [6.45, 7) is 2.39. The van der Waals surface area contributed by atoms with Gasteiger partial charge in [-0.15, -0.1) is 0 Å². The lowest BCUT2D eigenvalue weighted by Gasteiger charge is -2.02. The maximum absolute atomic E-state index is 10.8. The van der Waals surface area contributed by atoms with Crippen molar-refractivity contribution >= 4 is 29.3 Å². The number of nitrogens with two attached hydrogens (primary N) is 1. The molecular formula is C9H13N5OS. The summed E-state index contributed by atoms with van der Waals surface area (Å²) in [5, 5.41) is 4.28. The van der Waals surface area contributed by atoms with Gasteiger partial charge in [0.1, 0.15) is 5.52 Å². The summed E-state index contributed by atoms with van der Waals surface area (Å²) in [6, 6.07) is 0. The molecule has 6 nitrogen and oxygen atoms in total. The van der Waals surface area contributed by atoms with Gasteiger partial charge in [-0.25, -0.2) is 0 Å². The molecule has 3 N–H and O–H groups in total. The highest BCUT2D eigenvalue weighted by Gasteiger charge is 2.12. The minimum Gasteiger partial charge on any atom is -0.370 e. The number of amides is 1. The number of hydrogen-bond donors (Lipinski definition) is 2. The molecule has 0 saturated carbocycles. The van der Waals surface area contributed by atoms with Crippen LogP contribution in [0.3, 0.4) is 0 Å². The quantitative estimate of drug-likeness (QED) is 0.770. The third-order valence-electron chi connectivity index (χ3n) is 2.51. The normalized spacial score (nSPS) is 11.1. The van der Waals surface area contributed by atoms with Gasteiger partial charge in [0.15, 0.2) is 10.4 Å². The summed E-state index contributed by atoms with van der Waals surface area (Å²) in [4.78, 5) is 13.9. The molecule has 2 rings (SSSR count). The molecule has 2 aromatic rings. The van der Waals surface area contributed by atoms with Crippen LogP contribution in [-0.4, -0.2) is 25.2 Å². The minimum absolute atomic E-state index is 0.269. The highest BCUT2D eigenvalue weighted by atomic mass is 32.1. The van der Waals surface area contributed by atoms with E-state index in [1.54, 1.807) is 4.68 Å². The van der Waals surface area contributed by atoms with Gasteiger partial charge >= 0.3 is 0 Å². The van der Waals surface area contributed by atoms with E-state index in [0.717, 1.165) is 16.9 Å². The van der Waals surface area contributed by atoms with E-state index in [-0.39, 0.29) is 12.3 Å². The lowest BCUT2D eigenvalue weighted by molar-refractivity contribution is -0.118. The average molecular weight is 239 g/mol. The number of hydrogen-bond acceptors (Lipinski definition) is 3. The molecule has 16 heavy (non-hydrogen) atoms. The summed E-state index contributed by atoms with van der Waals surface area (Å²) < 4.78 is 4.18. The molecule has 0 unspecified atom stereocenters. The number of primary amides is 1. The maximum atomic E-state index is 10.8. The molecule has 0 aliphatic heterocycles. The summed E-state index contributed by atoms with van der Waals surface area (Å²) >= 11 is 5.19. The number of rotatable bonds is 3. The maximum Gasteiger partial charge on any atom is 0.219 e. The molecule has 0 radical (unpaired) electrons. The number of carbonyl (C=O) groups excluding carboxylic acids is 1. The van der Waals surface area contributed by atoms with E-state index in [1.807, 2.05) is 18.5 Å². The van der Waals surface area contributed by atoms with Crippen molar-refractivity contribution < 1.29 is 4.79 Å². The van der Waals surface area contributed by atoms with Gasteiger partial charge in [-0.3, -0.25) is 9.48 Å². The van der Waals surface area contributed by atoms with Gasteiger partial charge in [0.25, 0.3) is 0 Å². The Morgan fingerprint density at radius 2 is 2.31 bits per heavy atom. The van der Waals surface area contributed by atoms with Crippen molar-refractivity contribution in [1.82, 2.24) is 19.3 Å². The molecule has 2 aromatic heterocycles. The zero-order valence-corrected chi connectivity index (χ0v) is 9.97. The Balaban J connectivity index is 2.55. The van der Waals surface area contributed by atoms with Crippen molar-refractivity contribution in [1.29, 1.82) is 0 Å². The molecule has 0 atom stereocenters. The molecule has 2 heterocycles. The first-order valence-electron chi connectivity index (χ1n) is 4.91. The van der Waals surface area contributed by atoms with Crippen LogP contribution in [0.4, 0.5) is 0 Å². The average Bonchev–Trinajstić information content (AvgIpc) is 2.63. The molecule has 0 fully saturated rings. The Hall–Kier alpha value is -1.63. The summed E-state index contributed by atoms with van der Waals surface area (Å²) in [5.41, 5.74) is 7.82. The Morgan fingerprint density at radius 1 is 1.62 bits per heavy atom. The van der Waals surface area contributed by atoms with Gasteiger partial charge in [0, 0.05) is 20.0 Å². The van der Waals surface area contributed by atoms with Crippen molar-refractivity contribution in [3.05, 3.63) is 10.5 Å². The molecule has 1 amide bonds. The Bertz CT molecular complexity index is 605. The smallest absolute Gasteiger partial charge is 0.219 e. The van der Waals surface area contributed by atoms with E-state index in [9.17, 15) is 4.79 Å². The Morgan fingerprint density at radius 3 is 2.94 bits per heavy atom. The molecule has 0 aliphatic carbocycles.